The van der Waals surface area contributed by atoms with Gasteiger partial charge in [0.15, 0.2) is 18.7 Å². The monoisotopic (exact) mass is 535 g/mol. The number of carbonyl (C=O) groups excluding carboxylic acids is 3. The van der Waals surface area contributed by atoms with Crippen molar-refractivity contribution < 1.29 is 41.9 Å². The van der Waals surface area contributed by atoms with E-state index >= 15 is 0 Å². The number of hydrogen-bond acceptors (Lipinski definition) is 6. The largest absolute Gasteiger partial charge is 0.542 e. The summed E-state index contributed by atoms with van der Waals surface area (Å²) in [5.41, 5.74) is 1.76. The van der Waals surface area contributed by atoms with Crippen LogP contribution >= 0.6 is 0 Å². The first-order valence-electron chi connectivity index (χ1n) is 12.3. The van der Waals surface area contributed by atoms with Gasteiger partial charge in [-0.3, -0.25) is 4.79 Å². The van der Waals surface area contributed by atoms with E-state index in [4.69, 9.17) is 14.6 Å². The molecular formula is C27H32F3N3O5. The number of nitrogens with one attached hydrogen (secondary N) is 1. The number of aliphatic carboxylic acids is 1. The van der Waals surface area contributed by atoms with Gasteiger partial charge in [-0.05, 0) is 17.7 Å². The summed E-state index contributed by atoms with van der Waals surface area (Å²) >= 11 is 0. The molecule has 3 heterocycles. The lowest BCUT2D eigenvalue weighted by molar-refractivity contribution is -0.939. The number of carbonyl (C=O) groups is 3. The molecule has 8 nitrogen and oxygen atoms in total. The Hall–Kier alpha value is -3.60. The van der Waals surface area contributed by atoms with Crippen molar-refractivity contribution in [3.63, 3.8) is 0 Å². The number of ether oxygens (including phenoxy) is 1. The number of esters is 1. The van der Waals surface area contributed by atoms with Gasteiger partial charge in [0.2, 0.25) is 0 Å². The first-order chi connectivity index (χ1) is 17.9. The van der Waals surface area contributed by atoms with Crippen LogP contribution in [0.15, 0.2) is 60.7 Å². The zero-order valence-electron chi connectivity index (χ0n) is 21.3. The molecule has 0 saturated carbocycles. The molecule has 3 saturated heterocycles. The number of quaternary nitrogens is 1. The van der Waals surface area contributed by atoms with Gasteiger partial charge in [0.25, 0.3) is 5.91 Å². The topological polar surface area (TPSA) is 98.8 Å². The van der Waals surface area contributed by atoms with Crippen LogP contribution in [0.25, 0.3) is 0 Å². The summed E-state index contributed by atoms with van der Waals surface area (Å²) in [6, 6.07) is 18.9. The lowest BCUT2D eigenvalue weighted by Gasteiger charge is -2.51. The molecule has 3 fully saturated rings. The number of likely N-dealkylation sites (N-methyl/N-ethyl adjacent to an activating group) is 1. The Morgan fingerprint density at radius 1 is 1.03 bits per heavy atom. The lowest BCUT2D eigenvalue weighted by Crippen LogP contribution is -2.66. The summed E-state index contributed by atoms with van der Waals surface area (Å²) in [6.07, 6.45) is -3.34. The fourth-order valence-electron chi connectivity index (χ4n) is 4.85. The molecule has 2 aromatic rings. The van der Waals surface area contributed by atoms with Gasteiger partial charge >= 0.3 is 12.1 Å². The zero-order chi connectivity index (χ0) is 27.9. The Balaban J connectivity index is 0.000000505. The van der Waals surface area contributed by atoms with Gasteiger partial charge in [-0.1, -0.05) is 48.5 Å². The Morgan fingerprint density at radius 2 is 1.55 bits per heavy atom. The summed E-state index contributed by atoms with van der Waals surface area (Å²) in [5, 5.41) is 12.1. The molecule has 2 atom stereocenters. The maximum Gasteiger partial charge on any atom is 0.430 e. The number of hydrogen-bond donors (Lipinski definition) is 1. The molecule has 5 rings (SSSR count). The van der Waals surface area contributed by atoms with E-state index in [1.807, 2.05) is 60.7 Å². The minimum absolute atomic E-state index is 0.137. The SMILES string of the molecule is CN(C)C(=O)C[N+]12CCC(CC1)C(OC(=O)C(Nc1ccccc1)c1ccccc1)C2.O=C([O-])C(F)(F)F. The molecule has 38 heavy (non-hydrogen) atoms. The average molecular weight is 536 g/mol. The van der Waals surface area contributed by atoms with Crippen LogP contribution in [0, 0.1) is 5.92 Å². The van der Waals surface area contributed by atoms with E-state index in [0.29, 0.717) is 12.5 Å². The van der Waals surface area contributed by atoms with Crippen molar-refractivity contribution in [1.82, 2.24) is 4.90 Å². The number of para-hydroxylation sites is 1. The number of anilines is 1. The number of carboxylic acids is 1. The molecule has 0 aromatic heterocycles. The normalized spacial score (nSPS) is 22.9. The molecule has 2 aromatic carbocycles. The quantitative estimate of drug-likeness (QED) is 0.432. The third-order valence-corrected chi connectivity index (χ3v) is 6.96. The van der Waals surface area contributed by atoms with Crippen LogP contribution in [0.2, 0.25) is 0 Å². The Kier molecular flexibility index (Phi) is 9.37. The fourth-order valence-corrected chi connectivity index (χ4v) is 4.85. The highest BCUT2D eigenvalue weighted by Gasteiger charge is 2.49. The summed E-state index contributed by atoms with van der Waals surface area (Å²) in [7, 11) is 3.60. The maximum atomic E-state index is 13.4. The summed E-state index contributed by atoms with van der Waals surface area (Å²) in [5.74, 6) is -2.75. The van der Waals surface area contributed by atoms with Gasteiger partial charge in [-0.2, -0.15) is 13.2 Å². The van der Waals surface area contributed by atoms with E-state index in [0.717, 1.165) is 48.2 Å². The number of fused-ring (bicyclic) bond motifs is 3. The van der Waals surface area contributed by atoms with Crippen LogP contribution in [-0.2, 0) is 19.1 Å². The number of amides is 1. The molecule has 1 amide bonds. The summed E-state index contributed by atoms with van der Waals surface area (Å²) < 4.78 is 38.4. The second-order valence-electron chi connectivity index (χ2n) is 9.87. The van der Waals surface area contributed by atoms with E-state index < -0.39 is 18.2 Å². The molecule has 3 aliphatic heterocycles. The van der Waals surface area contributed by atoms with Gasteiger partial charge in [0, 0.05) is 38.5 Å². The first-order valence-corrected chi connectivity index (χ1v) is 12.3. The standard InChI is InChI=1S/C25H32N3O3.C2HF3O2/c1-27(2)23(29)18-28-15-13-19(14-16-28)22(17-28)31-25(30)24(20-9-5-3-6-10-20)26-21-11-7-4-8-12-21;3-2(4,5)1(6)7/h3-12,19,22,24,26H,13-18H2,1-2H3;(H,6,7)/q+1;/p-1. The molecule has 206 valence electrons. The molecule has 0 aliphatic carbocycles. The minimum Gasteiger partial charge on any atom is -0.542 e. The number of halogens is 3. The van der Waals surface area contributed by atoms with Gasteiger partial charge in [-0.25, -0.2) is 4.79 Å². The molecule has 1 N–H and O–H groups in total. The molecule has 0 spiro atoms. The van der Waals surface area contributed by atoms with Crippen molar-refractivity contribution in [2.75, 3.05) is 45.6 Å². The predicted molar refractivity (Wildman–Crippen MR) is 131 cm³/mol. The van der Waals surface area contributed by atoms with Gasteiger partial charge in [0.05, 0.1) is 13.1 Å². The third kappa shape index (κ3) is 7.70. The number of piperidine rings is 3. The molecule has 2 bridgehead atoms. The van der Waals surface area contributed by atoms with E-state index in [9.17, 15) is 22.8 Å². The first kappa shape index (κ1) is 29.0. The van der Waals surface area contributed by atoms with E-state index in [1.165, 1.54) is 0 Å². The van der Waals surface area contributed by atoms with Crippen molar-refractivity contribution in [1.29, 1.82) is 0 Å². The zero-order valence-corrected chi connectivity index (χ0v) is 21.3. The molecule has 3 aliphatic rings. The second kappa shape index (κ2) is 12.3. The maximum absolute atomic E-state index is 13.4. The van der Waals surface area contributed by atoms with Crippen LogP contribution in [0.4, 0.5) is 18.9 Å². The average Bonchev–Trinajstić information content (AvgIpc) is 2.88. The van der Waals surface area contributed by atoms with Crippen molar-refractivity contribution in [2.24, 2.45) is 5.92 Å². The smallest absolute Gasteiger partial charge is 0.430 e. The van der Waals surface area contributed by atoms with Crippen molar-refractivity contribution in [3.8, 4) is 0 Å². The van der Waals surface area contributed by atoms with Gasteiger partial charge in [0.1, 0.15) is 12.5 Å². The Bertz CT molecular complexity index is 1090. The Morgan fingerprint density at radius 3 is 2.05 bits per heavy atom. The number of alkyl halides is 3. The van der Waals surface area contributed by atoms with Crippen LogP contribution < -0.4 is 10.4 Å². The highest BCUT2D eigenvalue weighted by molar-refractivity contribution is 5.81. The second-order valence-corrected chi connectivity index (χ2v) is 9.87. The number of nitrogens with zero attached hydrogens (tertiary/aromatic N) is 2. The van der Waals surface area contributed by atoms with Crippen molar-refractivity contribution in [2.45, 2.75) is 31.2 Å². The molecule has 11 heteroatoms. The number of benzene rings is 2. The molecule has 2 unspecified atom stereocenters. The minimum atomic E-state index is -5.19. The van der Waals surface area contributed by atoms with Crippen LogP contribution in [0.3, 0.4) is 0 Å². The molecular weight excluding hydrogens is 503 g/mol. The highest BCUT2D eigenvalue weighted by atomic mass is 19.4. The predicted octanol–water partition coefficient (Wildman–Crippen LogP) is 2.38. The van der Waals surface area contributed by atoms with Gasteiger partial charge < -0.3 is 29.3 Å². The third-order valence-electron chi connectivity index (χ3n) is 6.96. The van der Waals surface area contributed by atoms with Gasteiger partial charge in [-0.15, -0.1) is 0 Å². The Labute approximate surface area is 219 Å². The van der Waals surface area contributed by atoms with Crippen molar-refractivity contribution in [3.05, 3.63) is 66.2 Å². The fraction of sp³-hybridized carbons (Fsp3) is 0.444. The lowest BCUT2D eigenvalue weighted by atomic mass is 9.83. The van der Waals surface area contributed by atoms with E-state index in [1.54, 1.807) is 19.0 Å². The number of carboxylic acid groups (broad SMARTS) is 1. The summed E-state index contributed by atoms with van der Waals surface area (Å²) in [6.45, 7) is 3.19. The van der Waals surface area contributed by atoms with E-state index in [2.05, 4.69) is 5.32 Å². The van der Waals surface area contributed by atoms with Crippen molar-refractivity contribution >= 4 is 23.5 Å². The van der Waals surface area contributed by atoms with Crippen LogP contribution in [0.1, 0.15) is 24.4 Å². The highest BCUT2D eigenvalue weighted by Crippen LogP contribution is 2.36. The molecule has 0 radical (unpaired) electrons. The number of rotatable bonds is 7. The van der Waals surface area contributed by atoms with E-state index in [-0.39, 0.29) is 18.0 Å². The summed E-state index contributed by atoms with van der Waals surface area (Å²) in [4.78, 5) is 36.2. The van der Waals surface area contributed by atoms with Crippen LogP contribution in [-0.4, -0.2) is 79.8 Å². The van der Waals surface area contributed by atoms with Crippen LogP contribution in [0.5, 0.6) is 0 Å².